The molecule has 1 saturated heterocycles. The van der Waals surface area contributed by atoms with Crippen LogP contribution in [0.4, 0.5) is 5.69 Å². The number of rotatable bonds is 9. The Morgan fingerprint density at radius 3 is 2.68 bits per heavy atom. The third kappa shape index (κ3) is 5.75. The first-order chi connectivity index (χ1) is 11.9. The highest BCUT2D eigenvalue weighted by atomic mass is 32.2. The molecule has 25 heavy (non-hydrogen) atoms. The number of nitrogens with one attached hydrogen (secondary N) is 1. The fourth-order valence-corrected chi connectivity index (χ4v) is 3.31. The van der Waals surface area contributed by atoms with E-state index in [1.54, 1.807) is 0 Å². The van der Waals surface area contributed by atoms with Crippen LogP contribution in [-0.2, 0) is 29.1 Å². The van der Waals surface area contributed by atoms with E-state index < -0.39 is 10.0 Å². The molecule has 8 nitrogen and oxygen atoms in total. The van der Waals surface area contributed by atoms with Crippen LogP contribution >= 0.6 is 0 Å². The normalized spacial score (nSPS) is 17.8. The average molecular weight is 372 g/mol. The number of benzene rings is 1. The number of sulfonamides is 1. The zero-order chi connectivity index (χ0) is 18.3. The van der Waals surface area contributed by atoms with Crippen LogP contribution in [0.25, 0.3) is 0 Å². The first-order valence-electron chi connectivity index (χ1n) is 8.06. The molecular weight excluding hydrogens is 348 g/mol. The average Bonchev–Trinajstić information content (AvgIpc) is 3.12. The van der Waals surface area contributed by atoms with E-state index in [1.165, 1.54) is 38.4 Å². The van der Waals surface area contributed by atoms with Crippen molar-refractivity contribution in [3.63, 3.8) is 0 Å². The topological polar surface area (TPSA) is 94.2 Å². The highest BCUT2D eigenvalue weighted by molar-refractivity contribution is 7.89. The lowest BCUT2D eigenvalue weighted by Crippen LogP contribution is -2.25. The van der Waals surface area contributed by atoms with Gasteiger partial charge in [-0.25, -0.2) is 8.42 Å². The largest absolute Gasteiger partial charge is 0.378 e. The molecule has 1 atom stereocenters. The molecule has 0 spiro atoms. The van der Waals surface area contributed by atoms with Gasteiger partial charge in [-0.1, -0.05) is 4.47 Å². The van der Waals surface area contributed by atoms with Gasteiger partial charge in [-0.15, -0.1) is 0 Å². The van der Waals surface area contributed by atoms with Gasteiger partial charge in [0.2, 0.25) is 5.91 Å². The fraction of sp³-hybridized carbons (Fsp3) is 0.562. The second kappa shape index (κ2) is 9.25. The Labute approximate surface area is 148 Å². The molecule has 1 unspecified atom stereocenters. The Balaban J connectivity index is 1.77. The monoisotopic (exact) mass is 372 g/mol. The van der Waals surface area contributed by atoms with Crippen LogP contribution in [0.15, 0.2) is 29.2 Å². The van der Waals surface area contributed by atoms with E-state index in [2.05, 4.69) is 5.32 Å². The summed E-state index contributed by atoms with van der Waals surface area (Å²) in [6, 6.07) is 5.88. The predicted octanol–water partition coefficient (Wildman–Crippen LogP) is 1.39. The van der Waals surface area contributed by atoms with Crippen LogP contribution in [0.5, 0.6) is 0 Å². The van der Waals surface area contributed by atoms with Gasteiger partial charge < -0.3 is 14.8 Å². The van der Waals surface area contributed by atoms with E-state index >= 15 is 0 Å². The molecule has 1 aliphatic heterocycles. The molecule has 0 aliphatic carbocycles. The number of nitrogens with zero attached hydrogens (tertiary/aromatic N) is 1. The molecule has 1 aromatic carbocycles. The number of carbonyl (C=O) groups is 1. The highest BCUT2D eigenvalue weighted by Crippen LogP contribution is 2.17. The van der Waals surface area contributed by atoms with Gasteiger partial charge in [-0.3, -0.25) is 9.63 Å². The molecule has 1 aliphatic rings. The maximum Gasteiger partial charge on any atom is 0.264 e. The van der Waals surface area contributed by atoms with Crippen LogP contribution in [0.2, 0.25) is 0 Å². The van der Waals surface area contributed by atoms with Crippen LogP contribution < -0.4 is 5.32 Å². The van der Waals surface area contributed by atoms with Crippen molar-refractivity contribution < 1.29 is 27.5 Å². The quantitative estimate of drug-likeness (QED) is 0.520. The number of hydroxylamine groups is 1. The summed E-state index contributed by atoms with van der Waals surface area (Å²) in [5.74, 6) is -0.197. The van der Waals surface area contributed by atoms with E-state index in [-0.39, 0.29) is 23.3 Å². The minimum Gasteiger partial charge on any atom is -0.378 e. The lowest BCUT2D eigenvalue weighted by atomic mass is 10.2. The number of ether oxygens (including phenoxy) is 2. The molecule has 1 aromatic rings. The SMILES string of the molecule is CON(C)S(=O)(=O)c1ccc(NC(=O)CCOCC2CCCO2)cc1. The van der Waals surface area contributed by atoms with Gasteiger partial charge in [0.05, 0.1) is 37.7 Å². The molecule has 140 valence electrons. The fourth-order valence-electron chi connectivity index (χ4n) is 2.34. The lowest BCUT2D eigenvalue weighted by molar-refractivity contribution is -0.117. The molecule has 1 N–H and O–H groups in total. The number of amides is 1. The van der Waals surface area contributed by atoms with E-state index in [4.69, 9.17) is 14.3 Å². The minimum atomic E-state index is -3.69. The Morgan fingerprint density at radius 1 is 1.36 bits per heavy atom. The maximum atomic E-state index is 12.1. The van der Waals surface area contributed by atoms with Crippen molar-refractivity contribution in [3.8, 4) is 0 Å². The first-order valence-corrected chi connectivity index (χ1v) is 9.50. The molecule has 0 radical (unpaired) electrons. The van der Waals surface area contributed by atoms with Gasteiger partial charge in [0.15, 0.2) is 0 Å². The Hall–Kier alpha value is -1.52. The summed E-state index contributed by atoms with van der Waals surface area (Å²) in [5, 5.41) is 2.70. The van der Waals surface area contributed by atoms with Crippen LogP contribution in [0, 0.1) is 0 Å². The number of hydrogen-bond acceptors (Lipinski definition) is 6. The molecule has 2 rings (SSSR count). The number of hydrogen-bond donors (Lipinski definition) is 1. The number of anilines is 1. The summed E-state index contributed by atoms with van der Waals surface area (Å²) >= 11 is 0. The second-order valence-corrected chi connectivity index (χ2v) is 7.57. The smallest absolute Gasteiger partial charge is 0.264 e. The van der Waals surface area contributed by atoms with E-state index in [0.29, 0.717) is 18.9 Å². The van der Waals surface area contributed by atoms with Crippen molar-refractivity contribution in [2.24, 2.45) is 0 Å². The van der Waals surface area contributed by atoms with Crippen molar-refractivity contribution in [1.82, 2.24) is 4.47 Å². The molecule has 1 heterocycles. The van der Waals surface area contributed by atoms with Crippen LogP contribution in [0.3, 0.4) is 0 Å². The summed E-state index contributed by atoms with van der Waals surface area (Å²) < 4.78 is 35.8. The molecule has 9 heteroatoms. The van der Waals surface area contributed by atoms with Crippen molar-refractivity contribution >= 4 is 21.6 Å². The minimum absolute atomic E-state index is 0.0785. The van der Waals surface area contributed by atoms with Gasteiger partial charge in [-0.05, 0) is 37.1 Å². The van der Waals surface area contributed by atoms with E-state index in [0.717, 1.165) is 23.9 Å². The molecule has 1 fully saturated rings. The van der Waals surface area contributed by atoms with Crippen molar-refractivity contribution in [2.45, 2.75) is 30.3 Å². The Kier molecular flexibility index (Phi) is 7.33. The van der Waals surface area contributed by atoms with Gasteiger partial charge in [0, 0.05) is 19.3 Å². The van der Waals surface area contributed by atoms with Crippen molar-refractivity contribution in [2.75, 3.05) is 39.3 Å². The van der Waals surface area contributed by atoms with Gasteiger partial charge in [-0.2, -0.15) is 0 Å². The summed E-state index contributed by atoms with van der Waals surface area (Å²) in [7, 11) is -1.12. The first kappa shape index (κ1) is 19.8. The number of carbonyl (C=O) groups excluding carboxylic acids is 1. The molecule has 0 saturated carbocycles. The summed E-state index contributed by atoms with van der Waals surface area (Å²) in [6.07, 6.45) is 2.42. The zero-order valence-electron chi connectivity index (χ0n) is 14.4. The van der Waals surface area contributed by atoms with Gasteiger partial charge >= 0.3 is 0 Å². The highest BCUT2D eigenvalue weighted by Gasteiger charge is 2.20. The van der Waals surface area contributed by atoms with E-state index in [9.17, 15) is 13.2 Å². The predicted molar refractivity (Wildman–Crippen MR) is 91.4 cm³/mol. The van der Waals surface area contributed by atoms with Gasteiger partial charge in [0.25, 0.3) is 10.0 Å². The lowest BCUT2D eigenvalue weighted by Gasteiger charge is -2.14. The molecule has 0 bridgehead atoms. The Bertz CT molecular complexity index is 656. The van der Waals surface area contributed by atoms with Crippen LogP contribution in [-0.4, -0.2) is 58.9 Å². The summed E-state index contributed by atoms with van der Waals surface area (Å²) in [6.45, 7) is 1.60. The van der Waals surface area contributed by atoms with Crippen molar-refractivity contribution in [3.05, 3.63) is 24.3 Å². The molecular formula is C16H24N2O6S. The molecule has 1 amide bonds. The molecule has 0 aromatic heterocycles. The third-order valence-electron chi connectivity index (χ3n) is 3.83. The van der Waals surface area contributed by atoms with Crippen molar-refractivity contribution in [1.29, 1.82) is 0 Å². The standard InChI is InChI=1S/C16H24N2O6S/c1-18(22-2)25(20,21)15-7-5-13(6-8-15)17-16(19)9-11-23-12-14-4-3-10-24-14/h5-8,14H,3-4,9-12H2,1-2H3,(H,17,19). The third-order valence-corrected chi connectivity index (χ3v) is 5.53. The zero-order valence-corrected chi connectivity index (χ0v) is 15.3. The Morgan fingerprint density at radius 2 is 2.08 bits per heavy atom. The summed E-state index contributed by atoms with van der Waals surface area (Å²) in [5.41, 5.74) is 0.517. The van der Waals surface area contributed by atoms with E-state index in [1.807, 2.05) is 0 Å². The second-order valence-electron chi connectivity index (χ2n) is 5.63. The van der Waals surface area contributed by atoms with Gasteiger partial charge in [0.1, 0.15) is 0 Å². The summed E-state index contributed by atoms with van der Waals surface area (Å²) in [4.78, 5) is 16.7. The maximum absolute atomic E-state index is 12.1. The van der Waals surface area contributed by atoms with Crippen LogP contribution in [0.1, 0.15) is 19.3 Å².